The van der Waals surface area contributed by atoms with E-state index in [0.717, 1.165) is 19.3 Å². The molecule has 100 valence electrons. The number of nitrogen functional groups attached to an aromatic ring is 1. The Morgan fingerprint density at radius 1 is 1.33 bits per heavy atom. The van der Waals surface area contributed by atoms with Crippen LogP contribution in [0.1, 0.15) is 32.6 Å². The van der Waals surface area contributed by atoms with Gasteiger partial charge in [-0.2, -0.15) is 0 Å². The first-order valence-electron chi connectivity index (χ1n) is 6.35. The summed E-state index contributed by atoms with van der Waals surface area (Å²) < 4.78 is 27.2. The lowest BCUT2D eigenvalue weighted by Crippen LogP contribution is -2.37. The molecule has 4 nitrogen and oxygen atoms in total. The molecule has 1 fully saturated rings. The first kappa shape index (κ1) is 13.4. The van der Waals surface area contributed by atoms with Crippen molar-refractivity contribution in [3.05, 3.63) is 24.3 Å². The maximum atomic E-state index is 12.2. The van der Waals surface area contributed by atoms with Gasteiger partial charge in [-0.15, -0.1) is 0 Å². The normalized spacial score (nSPS) is 24.9. The average Bonchev–Trinajstić information content (AvgIpc) is 2.28. The van der Waals surface area contributed by atoms with Crippen LogP contribution in [0.25, 0.3) is 0 Å². The molecule has 1 aromatic rings. The highest BCUT2D eigenvalue weighted by atomic mass is 32.2. The summed E-state index contributed by atoms with van der Waals surface area (Å²) in [5, 5.41) is 0. The molecule has 0 aromatic heterocycles. The Kier molecular flexibility index (Phi) is 3.92. The van der Waals surface area contributed by atoms with Crippen molar-refractivity contribution < 1.29 is 8.42 Å². The van der Waals surface area contributed by atoms with Crippen molar-refractivity contribution in [1.82, 2.24) is 4.72 Å². The molecular formula is C13H20N2O2S. The van der Waals surface area contributed by atoms with Gasteiger partial charge in [0.2, 0.25) is 10.0 Å². The Morgan fingerprint density at radius 2 is 2.11 bits per heavy atom. The van der Waals surface area contributed by atoms with Gasteiger partial charge in [0.1, 0.15) is 0 Å². The van der Waals surface area contributed by atoms with Crippen molar-refractivity contribution in [2.45, 2.75) is 43.5 Å². The van der Waals surface area contributed by atoms with E-state index in [-0.39, 0.29) is 10.9 Å². The van der Waals surface area contributed by atoms with Crippen molar-refractivity contribution in [3.63, 3.8) is 0 Å². The third-order valence-corrected chi connectivity index (χ3v) is 4.94. The minimum Gasteiger partial charge on any atom is -0.399 e. The molecule has 2 atom stereocenters. The molecule has 1 aromatic carbocycles. The van der Waals surface area contributed by atoms with E-state index in [1.807, 2.05) is 0 Å². The molecule has 1 aliphatic carbocycles. The molecule has 1 saturated carbocycles. The minimum absolute atomic E-state index is 0.0557. The average molecular weight is 268 g/mol. The number of nitrogens with two attached hydrogens (primary N) is 1. The van der Waals surface area contributed by atoms with Gasteiger partial charge in [-0.25, -0.2) is 13.1 Å². The monoisotopic (exact) mass is 268 g/mol. The van der Waals surface area contributed by atoms with Crippen LogP contribution in [0.5, 0.6) is 0 Å². The molecule has 0 unspecified atom stereocenters. The van der Waals surface area contributed by atoms with Crippen molar-refractivity contribution >= 4 is 15.7 Å². The predicted molar refractivity (Wildman–Crippen MR) is 72.6 cm³/mol. The van der Waals surface area contributed by atoms with Crippen LogP contribution < -0.4 is 10.5 Å². The first-order valence-corrected chi connectivity index (χ1v) is 7.83. The molecule has 0 aliphatic heterocycles. The molecular weight excluding hydrogens is 248 g/mol. The lowest BCUT2D eigenvalue weighted by molar-refractivity contribution is 0.327. The number of hydrogen-bond donors (Lipinski definition) is 2. The summed E-state index contributed by atoms with van der Waals surface area (Å²) in [7, 11) is -3.44. The van der Waals surface area contributed by atoms with E-state index >= 15 is 0 Å². The summed E-state index contributed by atoms with van der Waals surface area (Å²) in [6.07, 6.45) is 4.12. The summed E-state index contributed by atoms with van der Waals surface area (Å²) >= 11 is 0. The molecule has 0 heterocycles. The summed E-state index contributed by atoms with van der Waals surface area (Å²) in [4.78, 5) is 0.251. The van der Waals surface area contributed by atoms with Gasteiger partial charge in [-0.3, -0.25) is 0 Å². The zero-order chi connectivity index (χ0) is 13.2. The predicted octanol–water partition coefficient (Wildman–Crippen LogP) is 2.13. The van der Waals surface area contributed by atoms with Gasteiger partial charge in [0, 0.05) is 11.7 Å². The maximum absolute atomic E-state index is 12.2. The lowest BCUT2D eigenvalue weighted by atomic mass is 9.88. The fraction of sp³-hybridized carbons (Fsp3) is 0.538. The topological polar surface area (TPSA) is 72.2 Å². The third-order valence-electron chi connectivity index (χ3n) is 3.43. The summed E-state index contributed by atoms with van der Waals surface area (Å²) in [6.45, 7) is 2.17. The Balaban J connectivity index is 2.12. The fourth-order valence-electron chi connectivity index (χ4n) is 2.51. The molecule has 0 saturated heterocycles. The second-order valence-corrected chi connectivity index (χ2v) is 6.88. The van der Waals surface area contributed by atoms with E-state index in [2.05, 4.69) is 11.6 Å². The number of anilines is 1. The summed E-state index contributed by atoms with van der Waals surface area (Å²) in [6, 6.07) is 6.47. The second-order valence-electron chi connectivity index (χ2n) is 5.16. The number of sulfonamides is 1. The van der Waals surface area contributed by atoms with Gasteiger partial charge in [0.15, 0.2) is 0 Å². The van der Waals surface area contributed by atoms with Crippen LogP contribution in [0.3, 0.4) is 0 Å². The summed E-state index contributed by atoms with van der Waals surface area (Å²) in [5.74, 6) is 0.590. The Morgan fingerprint density at radius 3 is 2.78 bits per heavy atom. The van der Waals surface area contributed by atoms with Crippen LogP contribution in [0, 0.1) is 5.92 Å². The lowest BCUT2D eigenvalue weighted by Gasteiger charge is -2.27. The molecule has 3 N–H and O–H groups in total. The van der Waals surface area contributed by atoms with Crippen LogP contribution in [-0.4, -0.2) is 14.5 Å². The van der Waals surface area contributed by atoms with Gasteiger partial charge in [0.05, 0.1) is 4.90 Å². The van der Waals surface area contributed by atoms with E-state index in [1.165, 1.54) is 12.5 Å². The number of nitrogens with one attached hydrogen (secondary N) is 1. The Labute approximate surface area is 109 Å². The van der Waals surface area contributed by atoms with Crippen molar-refractivity contribution in [2.75, 3.05) is 5.73 Å². The zero-order valence-corrected chi connectivity index (χ0v) is 11.4. The van der Waals surface area contributed by atoms with Crippen LogP contribution in [-0.2, 0) is 10.0 Å². The fourth-order valence-corrected chi connectivity index (χ4v) is 3.85. The van der Waals surface area contributed by atoms with E-state index in [0.29, 0.717) is 11.6 Å². The molecule has 0 radical (unpaired) electrons. The van der Waals surface area contributed by atoms with Crippen LogP contribution >= 0.6 is 0 Å². The van der Waals surface area contributed by atoms with Gasteiger partial charge in [-0.05, 0) is 37.0 Å². The van der Waals surface area contributed by atoms with Crippen LogP contribution in [0.2, 0.25) is 0 Å². The molecule has 1 aliphatic rings. The minimum atomic E-state index is -3.44. The second kappa shape index (κ2) is 5.28. The Bertz CT molecular complexity index is 513. The van der Waals surface area contributed by atoms with Crippen LogP contribution in [0.4, 0.5) is 5.69 Å². The zero-order valence-electron chi connectivity index (χ0n) is 10.6. The van der Waals surface area contributed by atoms with E-state index in [1.54, 1.807) is 18.2 Å². The van der Waals surface area contributed by atoms with E-state index in [9.17, 15) is 8.42 Å². The van der Waals surface area contributed by atoms with E-state index in [4.69, 9.17) is 5.73 Å². The first-order chi connectivity index (χ1) is 8.47. The maximum Gasteiger partial charge on any atom is 0.240 e. The SMILES string of the molecule is C[C@H]1CCC[C@H](NS(=O)(=O)c2cccc(N)c2)C1. The smallest absolute Gasteiger partial charge is 0.240 e. The molecule has 2 rings (SSSR count). The highest BCUT2D eigenvalue weighted by molar-refractivity contribution is 7.89. The molecule has 0 amide bonds. The highest BCUT2D eigenvalue weighted by Gasteiger charge is 2.24. The van der Waals surface area contributed by atoms with Crippen molar-refractivity contribution in [3.8, 4) is 0 Å². The van der Waals surface area contributed by atoms with E-state index < -0.39 is 10.0 Å². The number of rotatable bonds is 3. The van der Waals surface area contributed by atoms with Crippen molar-refractivity contribution in [1.29, 1.82) is 0 Å². The standard InChI is InChI=1S/C13H20N2O2S/c1-10-4-2-6-12(8-10)15-18(16,17)13-7-3-5-11(14)9-13/h3,5,7,9-10,12,15H,2,4,6,8,14H2,1H3/t10-,12-/m0/s1. The van der Waals surface area contributed by atoms with Crippen LogP contribution in [0.15, 0.2) is 29.2 Å². The van der Waals surface area contributed by atoms with Gasteiger partial charge in [-0.1, -0.05) is 25.8 Å². The van der Waals surface area contributed by atoms with Gasteiger partial charge >= 0.3 is 0 Å². The quantitative estimate of drug-likeness (QED) is 0.825. The number of hydrogen-bond acceptors (Lipinski definition) is 3. The molecule has 18 heavy (non-hydrogen) atoms. The van der Waals surface area contributed by atoms with Gasteiger partial charge in [0.25, 0.3) is 0 Å². The van der Waals surface area contributed by atoms with Gasteiger partial charge < -0.3 is 5.73 Å². The summed E-state index contributed by atoms with van der Waals surface area (Å²) in [5.41, 5.74) is 6.09. The Hall–Kier alpha value is -1.07. The molecule has 0 spiro atoms. The highest BCUT2D eigenvalue weighted by Crippen LogP contribution is 2.25. The third kappa shape index (κ3) is 3.23. The molecule has 5 heteroatoms. The molecule has 0 bridgehead atoms. The number of benzene rings is 1. The largest absolute Gasteiger partial charge is 0.399 e. The van der Waals surface area contributed by atoms with Crippen molar-refractivity contribution in [2.24, 2.45) is 5.92 Å².